The molecule has 184 valence electrons. The van der Waals surface area contributed by atoms with Gasteiger partial charge in [0.05, 0.1) is 13.3 Å². The zero-order chi connectivity index (χ0) is 25.2. The van der Waals surface area contributed by atoms with Crippen molar-refractivity contribution in [2.24, 2.45) is 0 Å². The van der Waals surface area contributed by atoms with Crippen molar-refractivity contribution in [1.29, 1.82) is 0 Å². The maximum absolute atomic E-state index is 13.3. The molecule has 11 heteroatoms. The number of ether oxygens (including phenoxy) is 2. The minimum Gasteiger partial charge on any atom is -0.465 e. The van der Waals surface area contributed by atoms with Crippen molar-refractivity contribution in [2.45, 2.75) is 18.7 Å². The average molecular weight is 500 g/mol. The summed E-state index contributed by atoms with van der Waals surface area (Å²) in [4.78, 5) is 30.6. The van der Waals surface area contributed by atoms with Gasteiger partial charge in [-0.3, -0.25) is 9.78 Å². The Balaban J connectivity index is 1.43. The quantitative estimate of drug-likeness (QED) is 0.475. The second-order valence-electron chi connectivity index (χ2n) is 7.92. The lowest BCUT2D eigenvalue weighted by Gasteiger charge is -2.34. The van der Waals surface area contributed by atoms with Crippen molar-refractivity contribution in [3.05, 3.63) is 71.4 Å². The summed E-state index contributed by atoms with van der Waals surface area (Å²) >= 11 is 0. The van der Waals surface area contributed by atoms with Crippen LogP contribution in [0.25, 0.3) is 0 Å². The van der Waals surface area contributed by atoms with E-state index in [1.807, 2.05) is 0 Å². The average Bonchev–Trinajstić information content (AvgIpc) is 3.18. The van der Waals surface area contributed by atoms with Gasteiger partial charge in [-0.1, -0.05) is 0 Å². The zero-order valence-electron chi connectivity index (χ0n) is 19.6. The Morgan fingerprint density at radius 1 is 0.971 bits per heavy atom. The van der Waals surface area contributed by atoms with Crippen molar-refractivity contribution in [3.63, 3.8) is 0 Å². The molecular weight excluding hydrogens is 474 g/mol. The van der Waals surface area contributed by atoms with Gasteiger partial charge in [-0.2, -0.15) is 4.31 Å². The lowest BCUT2D eigenvalue weighted by Crippen LogP contribution is -2.50. The van der Waals surface area contributed by atoms with Gasteiger partial charge in [-0.15, -0.1) is 0 Å². The molecule has 0 N–H and O–H groups in total. The number of rotatable bonds is 6. The molecule has 0 unspecified atom stereocenters. The number of hydrogen-bond donors (Lipinski definition) is 0. The molecule has 4 rings (SSSR count). The van der Waals surface area contributed by atoms with Gasteiger partial charge >= 0.3 is 5.97 Å². The van der Waals surface area contributed by atoms with Gasteiger partial charge in [-0.05, 0) is 50.2 Å². The number of furan rings is 1. The second-order valence-corrected chi connectivity index (χ2v) is 9.80. The van der Waals surface area contributed by atoms with Crippen LogP contribution < -0.4 is 4.74 Å². The third-order valence-corrected chi connectivity index (χ3v) is 7.74. The van der Waals surface area contributed by atoms with Gasteiger partial charge < -0.3 is 18.8 Å². The van der Waals surface area contributed by atoms with E-state index in [2.05, 4.69) is 4.98 Å². The van der Waals surface area contributed by atoms with Crippen LogP contribution >= 0.6 is 0 Å². The number of piperazine rings is 1. The fourth-order valence-electron chi connectivity index (χ4n) is 3.96. The van der Waals surface area contributed by atoms with E-state index < -0.39 is 16.0 Å². The molecule has 0 spiro atoms. The zero-order valence-corrected chi connectivity index (χ0v) is 20.4. The highest BCUT2D eigenvalue weighted by Gasteiger charge is 2.37. The summed E-state index contributed by atoms with van der Waals surface area (Å²) in [5, 5.41) is 0. The topological polar surface area (TPSA) is 119 Å². The van der Waals surface area contributed by atoms with Gasteiger partial charge in [0.15, 0.2) is 0 Å². The minimum absolute atomic E-state index is 0.0839. The third-order valence-electron chi connectivity index (χ3n) is 5.69. The Bertz CT molecular complexity index is 1330. The van der Waals surface area contributed by atoms with Crippen LogP contribution in [0.1, 0.15) is 32.2 Å². The van der Waals surface area contributed by atoms with Crippen LogP contribution in [0.2, 0.25) is 0 Å². The van der Waals surface area contributed by atoms with Gasteiger partial charge in [0.25, 0.3) is 5.91 Å². The number of amides is 1. The number of hydrogen-bond acceptors (Lipinski definition) is 8. The molecule has 10 nitrogen and oxygen atoms in total. The summed E-state index contributed by atoms with van der Waals surface area (Å²) in [7, 11) is -2.84. The number of carbonyl (C=O) groups excluding carboxylic acids is 2. The number of carbonyl (C=O) groups is 2. The van der Waals surface area contributed by atoms with Crippen molar-refractivity contribution in [3.8, 4) is 11.5 Å². The van der Waals surface area contributed by atoms with Gasteiger partial charge in [0.1, 0.15) is 33.5 Å². The first-order valence-corrected chi connectivity index (χ1v) is 12.3. The SMILES string of the molecule is COC(=O)c1c(C)oc(C)c1S(=O)(=O)N1CCN(C(=O)c2ccc(Oc3cccnc3)cc2)CC1. The molecule has 0 aliphatic carbocycles. The normalized spacial score (nSPS) is 14.5. The van der Waals surface area contributed by atoms with E-state index in [1.54, 1.807) is 53.7 Å². The van der Waals surface area contributed by atoms with Crippen LogP contribution in [0.3, 0.4) is 0 Å². The van der Waals surface area contributed by atoms with E-state index in [9.17, 15) is 18.0 Å². The van der Waals surface area contributed by atoms with Crippen LogP contribution in [0.4, 0.5) is 0 Å². The van der Waals surface area contributed by atoms with E-state index in [4.69, 9.17) is 13.9 Å². The lowest BCUT2D eigenvalue weighted by molar-refractivity contribution is 0.0594. The van der Waals surface area contributed by atoms with E-state index >= 15 is 0 Å². The van der Waals surface area contributed by atoms with Crippen molar-refractivity contribution in [2.75, 3.05) is 33.3 Å². The first kappa shape index (κ1) is 24.4. The second kappa shape index (κ2) is 9.88. The van der Waals surface area contributed by atoms with Crippen molar-refractivity contribution < 1.29 is 31.9 Å². The molecule has 3 aromatic rings. The number of esters is 1. The molecule has 0 saturated carbocycles. The number of pyridine rings is 1. The number of nitrogens with zero attached hydrogens (tertiary/aromatic N) is 3. The number of aryl methyl sites for hydroxylation is 2. The molecule has 1 aliphatic rings. The Hall–Kier alpha value is -3.70. The Kier molecular flexibility index (Phi) is 6.90. The first-order valence-electron chi connectivity index (χ1n) is 10.9. The highest BCUT2D eigenvalue weighted by Crippen LogP contribution is 2.30. The summed E-state index contributed by atoms with van der Waals surface area (Å²) in [6, 6.07) is 10.3. The molecule has 1 fully saturated rings. The molecule has 35 heavy (non-hydrogen) atoms. The van der Waals surface area contributed by atoms with Crippen molar-refractivity contribution >= 4 is 21.9 Å². The summed E-state index contributed by atoms with van der Waals surface area (Å²) in [5.74, 6) is 0.468. The molecule has 1 aliphatic heterocycles. The van der Waals surface area contributed by atoms with E-state index in [0.717, 1.165) is 0 Å². The maximum atomic E-state index is 13.3. The lowest BCUT2D eigenvalue weighted by atomic mass is 10.2. The molecule has 2 aromatic heterocycles. The molecule has 1 saturated heterocycles. The van der Waals surface area contributed by atoms with E-state index in [0.29, 0.717) is 17.1 Å². The summed E-state index contributed by atoms with van der Waals surface area (Å²) in [6.07, 6.45) is 3.24. The van der Waals surface area contributed by atoms with Crippen molar-refractivity contribution in [1.82, 2.24) is 14.2 Å². The smallest absolute Gasteiger partial charge is 0.342 e. The minimum atomic E-state index is -4.03. The molecule has 0 bridgehead atoms. The number of sulfonamides is 1. The predicted molar refractivity (Wildman–Crippen MR) is 125 cm³/mol. The summed E-state index contributed by atoms with van der Waals surface area (Å²) in [5.41, 5.74) is 0.367. The van der Waals surface area contributed by atoms with E-state index in [1.165, 1.54) is 25.3 Å². The van der Waals surface area contributed by atoms with Gasteiger partial charge in [-0.25, -0.2) is 13.2 Å². The fraction of sp³-hybridized carbons (Fsp3) is 0.292. The number of aromatic nitrogens is 1. The van der Waals surface area contributed by atoms with E-state index in [-0.39, 0.29) is 54.1 Å². The van der Waals surface area contributed by atoms with Crippen LogP contribution in [-0.2, 0) is 14.8 Å². The van der Waals surface area contributed by atoms with Gasteiger partial charge in [0, 0.05) is 37.9 Å². The largest absolute Gasteiger partial charge is 0.465 e. The molecule has 1 amide bonds. The molecule has 0 radical (unpaired) electrons. The molecular formula is C24H25N3O7S. The fourth-order valence-corrected chi connectivity index (χ4v) is 5.76. The Morgan fingerprint density at radius 2 is 1.66 bits per heavy atom. The molecule has 0 atom stereocenters. The summed E-state index contributed by atoms with van der Waals surface area (Å²) < 4.78 is 43.8. The van der Waals surface area contributed by atoms with Crippen LogP contribution in [0.5, 0.6) is 11.5 Å². The first-order chi connectivity index (χ1) is 16.7. The third kappa shape index (κ3) is 4.91. The standard InChI is InChI=1S/C24H25N3O7S/c1-16-21(24(29)32-3)22(17(2)33-16)35(30,31)27-13-11-26(12-14-27)23(28)18-6-8-19(9-7-18)34-20-5-4-10-25-15-20/h4-10,15H,11-14H2,1-3H3. The van der Waals surface area contributed by atoms with Gasteiger partial charge in [0.2, 0.25) is 10.0 Å². The molecule has 3 heterocycles. The predicted octanol–water partition coefficient (Wildman–Crippen LogP) is 3.02. The van der Waals surface area contributed by atoms with Crippen LogP contribution in [-0.4, -0.2) is 67.8 Å². The summed E-state index contributed by atoms with van der Waals surface area (Å²) in [6.45, 7) is 3.59. The highest BCUT2D eigenvalue weighted by molar-refractivity contribution is 7.89. The maximum Gasteiger partial charge on any atom is 0.342 e. The number of methoxy groups -OCH3 is 1. The monoisotopic (exact) mass is 499 g/mol. The highest BCUT2D eigenvalue weighted by atomic mass is 32.2. The Morgan fingerprint density at radius 3 is 2.26 bits per heavy atom. The molecule has 1 aromatic carbocycles. The number of benzene rings is 1. The van der Waals surface area contributed by atoms with Crippen LogP contribution in [0.15, 0.2) is 58.1 Å². The van der Waals surface area contributed by atoms with Crippen LogP contribution in [0, 0.1) is 13.8 Å². The Labute approximate surface area is 203 Å².